The monoisotopic (exact) mass is 1010 g/mol. The molecule has 77 heavy (non-hydrogen) atoms. The predicted molar refractivity (Wildman–Crippen MR) is 333 cm³/mol. The summed E-state index contributed by atoms with van der Waals surface area (Å²) in [5, 5.41) is 0. The van der Waals surface area contributed by atoms with Crippen LogP contribution in [0.3, 0.4) is 0 Å². The van der Waals surface area contributed by atoms with Crippen LogP contribution in [-0.2, 0) is 37.9 Å². The Balaban J connectivity index is 1.22. The van der Waals surface area contributed by atoms with Crippen LogP contribution in [0.2, 0.25) is 0 Å². The lowest BCUT2D eigenvalue weighted by atomic mass is 9.32. The molecule has 4 bridgehead atoms. The van der Waals surface area contributed by atoms with Crippen LogP contribution in [0.4, 0.5) is 34.1 Å². The van der Waals surface area contributed by atoms with Gasteiger partial charge in [-0.15, -0.1) is 0 Å². The topological polar surface area (TPSA) is 6.48 Å². The Morgan fingerprint density at radius 2 is 0.909 bits per heavy atom. The first-order chi connectivity index (χ1) is 36.1. The first kappa shape index (κ1) is 51.2. The zero-order valence-corrected chi connectivity index (χ0v) is 49.4. The molecule has 12 rings (SSSR count). The molecule has 0 saturated carbocycles. The van der Waals surface area contributed by atoms with Gasteiger partial charge in [0.25, 0.3) is 6.71 Å². The zero-order chi connectivity index (χ0) is 54.7. The summed E-state index contributed by atoms with van der Waals surface area (Å²) in [6.45, 7) is 40.6. The van der Waals surface area contributed by atoms with Crippen molar-refractivity contribution in [3.63, 3.8) is 0 Å². The van der Waals surface area contributed by atoms with E-state index in [1.807, 2.05) is 0 Å². The van der Waals surface area contributed by atoms with Crippen LogP contribution in [-0.4, -0.2) is 6.71 Å². The second-order valence-electron chi connectivity index (χ2n) is 29.1. The summed E-state index contributed by atoms with van der Waals surface area (Å²) in [5.74, 6) is 0. The van der Waals surface area contributed by atoms with Gasteiger partial charge in [-0.05, 0) is 178 Å². The smallest absolute Gasteiger partial charge is 0.252 e. The summed E-state index contributed by atoms with van der Waals surface area (Å²) in [4.78, 5) is 5.36. The highest BCUT2D eigenvalue weighted by atomic mass is 15.2. The van der Waals surface area contributed by atoms with Crippen molar-refractivity contribution in [2.75, 3.05) is 9.80 Å². The molecule has 0 aromatic heterocycles. The number of hydrogen-bond donors (Lipinski definition) is 0. The molecule has 390 valence electrons. The highest BCUT2D eigenvalue weighted by Crippen LogP contribution is 2.57. The fraction of sp³-hybridized carbons (Fsp3) is 0.351. The SMILES string of the molecule is CC(C)(C)c1ccc(-c2ccc3cc2C2(C)CCC(C)(C)c4cc5c(cc42)N(c2ccc(C(C)(C)C)cc2-3)c2cc(C(C)(C)C)cc3c2B5c2cc(C(C)(C)c4ccccc4)ccc2N3c2ccc(C(C)(C)C)cc2)cc1. The van der Waals surface area contributed by atoms with E-state index in [1.165, 1.54) is 123 Å². The van der Waals surface area contributed by atoms with E-state index in [4.69, 9.17) is 0 Å². The minimum absolute atomic E-state index is 0.0292. The Morgan fingerprint density at radius 3 is 1.53 bits per heavy atom. The van der Waals surface area contributed by atoms with E-state index >= 15 is 0 Å². The normalized spacial score (nSPS) is 17.4. The van der Waals surface area contributed by atoms with Crippen LogP contribution in [0.25, 0.3) is 22.3 Å². The fourth-order valence-electron chi connectivity index (χ4n) is 13.7. The quantitative estimate of drug-likeness (QED) is 0.162. The lowest BCUT2D eigenvalue weighted by Gasteiger charge is -2.49. The molecule has 3 aliphatic heterocycles. The first-order valence-electron chi connectivity index (χ1n) is 28.7. The largest absolute Gasteiger partial charge is 0.311 e. The minimum Gasteiger partial charge on any atom is -0.311 e. The van der Waals surface area contributed by atoms with Gasteiger partial charge < -0.3 is 9.80 Å². The van der Waals surface area contributed by atoms with Crippen molar-refractivity contribution in [2.24, 2.45) is 0 Å². The van der Waals surface area contributed by atoms with Crippen molar-refractivity contribution in [2.45, 2.75) is 168 Å². The van der Waals surface area contributed by atoms with Gasteiger partial charge in [0.15, 0.2) is 0 Å². The van der Waals surface area contributed by atoms with E-state index < -0.39 is 0 Å². The number of hydrogen-bond acceptors (Lipinski definition) is 2. The van der Waals surface area contributed by atoms with Crippen LogP contribution in [0.15, 0.2) is 158 Å². The van der Waals surface area contributed by atoms with Crippen LogP contribution in [0.5, 0.6) is 0 Å². The van der Waals surface area contributed by atoms with Crippen molar-refractivity contribution in [1.82, 2.24) is 0 Å². The third-order valence-corrected chi connectivity index (χ3v) is 18.9. The first-order valence-corrected chi connectivity index (χ1v) is 28.7. The van der Waals surface area contributed by atoms with Gasteiger partial charge >= 0.3 is 0 Å². The highest BCUT2D eigenvalue weighted by molar-refractivity contribution is 7.00. The number of anilines is 6. The lowest BCUT2D eigenvalue weighted by Crippen LogP contribution is -2.62. The summed E-state index contributed by atoms with van der Waals surface area (Å²) in [5.41, 5.74) is 28.5. The molecule has 8 aromatic carbocycles. The molecule has 0 radical (unpaired) electrons. The van der Waals surface area contributed by atoms with E-state index in [-0.39, 0.29) is 44.6 Å². The second kappa shape index (κ2) is 17.0. The van der Waals surface area contributed by atoms with E-state index in [0.29, 0.717) is 0 Å². The van der Waals surface area contributed by atoms with Crippen molar-refractivity contribution in [3.8, 4) is 22.3 Å². The van der Waals surface area contributed by atoms with Crippen molar-refractivity contribution < 1.29 is 0 Å². The van der Waals surface area contributed by atoms with Crippen molar-refractivity contribution in [3.05, 3.63) is 208 Å². The van der Waals surface area contributed by atoms with Crippen molar-refractivity contribution >= 4 is 57.2 Å². The minimum atomic E-state index is -0.273. The maximum atomic E-state index is 2.73. The molecule has 2 nitrogen and oxygen atoms in total. The highest BCUT2D eigenvalue weighted by Gasteiger charge is 2.49. The predicted octanol–water partition coefficient (Wildman–Crippen LogP) is 18.3. The van der Waals surface area contributed by atoms with Gasteiger partial charge in [0, 0.05) is 44.8 Å². The van der Waals surface area contributed by atoms with E-state index in [1.54, 1.807) is 0 Å². The summed E-state index contributed by atoms with van der Waals surface area (Å²) in [6.07, 6.45) is 2.14. The molecule has 4 aliphatic rings. The molecule has 0 saturated heterocycles. The van der Waals surface area contributed by atoms with Gasteiger partial charge in [0.2, 0.25) is 0 Å². The maximum Gasteiger partial charge on any atom is 0.252 e. The lowest BCUT2D eigenvalue weighted by molar-refractivity contribution is 0.350. The summed E-state index contributed by atoms with van der Waals surface area (Å²) in [6, 6.07) is 63.2. The van der Waals surface area contributed by atoms with Crippen LogP contribution >= 0.6 is 0 Å². The van der Waals surface area contributed by atoms with Gasteiger partial charge in [0.05, 0.1) is 5.69 Å². The molecule has 1 atom stereocenters. The fourth-order valence-corrected chi connectivity index (χ4v) is 13.7. The van der Waals surface area contributed by atoms with Gasteiger partial charge in [-0.3, -0.25) is 0 Å². The Kier molecular flexibility index (Phi) is 11.3. The number of rotatable bonds is 4. The molecule has 0 N–H and O–H groups in total. The number of benzene rings is 8. The van der Waals surface area contributed by atoms with Crippen LogP contribution in [0.1, 0.15) is 181 Å². The third kappa shape index (κ3) is 8.10. The molecule has 1 aliphatic carbocycles. The van der Waals surface area contributed by atoms with Crippen LogP contribution in [0, 0.1) is 0 Å². The molecule has 3 heteroatoms. The standard InChI is InChI=1S/C74H81BN2/c1-68(2,3)48-26-23-46(24-27-48)55-34-25-47-39-57(55)74(17)38-37-72(13,14)58-44-61-64(45-59(58)74)77(62-35-30-51(40-56(47)62)70(7,8)9)66-43-53(71(10,11)12)42-65-67(66)75(61)60-41-52(73(15,16)50-21-19-18-20-22-50)31-36-63(60)76(65)54-32-28-49(29-33-54)69(4,5)6/h18-36,39-45H,37-38H2,1-17H3. The average Bonchev–Trinajstić information content (AvgIpc) is 3.40. The zero-order valence-electron chi connectivity index (χ0n) is 49.4. The molecular weight excluding hydrogens is 928 g/mol. The molecule has 0 fully saturated rings. The Labute approximate surface area is 463 Å². The molecule has 0 amide bonds. The second-order valence-corrected chi connectivity index (χ2v) is 29.1. The number of nitrogens with zero attached hydrogens (tertiary/aromatic N) is 2. The van der Waals surface area contributed by atoms with Crippen LogP contribution < -0.4 is 26.2 Å². The Morgan fingerprint density at radius 1 is 0.364 bits per heavy atom. The van der Waals surface area contributed by atoms with Gasteiger partial charge in [-0.25, -0.2) is 0 Å². The molecular formula is C74H81BN2. The Bertz CT molecular complexity index is 3680. The van der Waals surface area contributed by atoms with Gasteiger partial charge in [0.1, 0.15) is 0 Å². The molecule has 0 spiro atoms. The van der Waals surface area contributed by atoms with E-state index in [9.17, 15) is 0 Å². The summed E-state index contributed by atoms with van der Waals surface area (Å²) < 4.78 is 0. The van der Waals surface area contributed by atoms with Gasteiger partial charge in [-0.1, -0.05) is 221 Å². The van der Waals surface area contributed by atoms with Gasteiger partial charge in [-0.2, -0.15) is 0 Å². The third-order valence-electron chi connectivity index (χ3n) is 18.9. The summed E-state index contributed by atoms with van der Waals surface area (Å²) >= 11 is 0. The molecule has 1 unspecified atom stereocenters. The summed E-state index contributed by atoms with van der Waals surface area (Å²) in [7, 11) is 0. The molecule has 3 heterocycles. The maximum absolute atomic E-state index is 2.73. The average molecular weight is 1010 g/mol. The Hall–Kier alpha value is -6.58. The van der Waals surface area contributed by atoms with Crippen molar-refractivity contribution in [1.29, 1.82) is 0 Å². The van der Waals surface area contributed by atoms with E-state index in [0.717, 1.165) is 12.8 Å². The number of fused-ring (bicyclic) bond motifs is 10. The molecule has 8 aromatic rings. The van der Waals surface area contributed by atoms with E-state index in [2.05, 4.69) is 285 Å².